The molecule has 0 saturated heterocycles. The Labute approximate surface area is 159 Å². The standard InChI is InChI=1S/C20H26N4OS/c25-18(21-16-8-4-1-2-5-9-16)14-26-20-23-22-19(15-12-13-15)24(20)17-10-6-3-7-11-17/h3,6-7,10-11,15-16H,1-2,4-5,8-9,12-14H2,(H,21,25). The molecule has 2 aromatic rings. The van der Waals surface area contributed by atoms with Crippen LogP contribution in [0.4, 0.5) is 0 Å². The highest BCUT2D eigenvalue weighted by atomic mass is 32.2. The third kappa shape index (κ3) is 4.29. The van der Waals surface area contributed by atoms with Crippen molar-refractivity contribution in [1.82, 2.24) is 20.1 Å². The first-order chi connectivity index (χ1) is 12.8. The second kappa shape index (κ2) is 8.25. The van der Waals surface area contributed by atoms with Crippen LogP contribution in [0.25, 0.3) is 5.69 Å². The van der Waals surface area contributed by atoms with Gasteiger partial charge >= 0.3 is 0 Å². The number of hydrogen-bond acceptors (Lipinski definition) is 4. The van der Waals surface area contributed by atoms with E-state index >= 15 is 0 Å². The maximum Gasteiger partial charge on any atom is 0.230 e. The minimum atomic E-state index is 0.109. The van der Waals surface area contributed by atoms with Crippen molar-refractivity contribution in [3.05, 3.63) is 36.2 Å². The molecular weight excluding hydrogens is 344 g/mol. The van der Waals surface area contributed by atoms with E-state index in [1.54, 1.807) is 0 Å². The van der Waals surface area contributed by atoms with Gasteiger partial charge in [-0.3, -0.25) is 9.36 Å². The Morgan fingerprint density at radius 3 is 2.46 bits per heavy atom. The van der Waals surface area contributed by atoms with E-state index in [1.165, 1.54) is 50.3 Å². The van der Waals surface area contributed by atoms with Gasteiger partial charge in [0.25, 0.3) is 0 Å². The number of amides is 1. The molecule has 0 aliphatic heterocycles. The van der Waals surface area contributed by atoms with Crippen LogP contribution in [0.15, 0.2) is 35.5 Å². The number of nitrogens with zero attached hydrogens (tertiary/aromatic N) is 3. The second-order valence-electron chi connectivity index (χ2n) is 7.33. The van der Waals surface area contributed by atoms with E-state index in [4.69, 9.17) is 0 Å². The summed E-state index contributed by atoms with van der Waals surface area (Å²) in [7, 11) is 0. The van der Waals surface area contributed by atoms with Gasteiger partial charge in [0.15, 0.2) is 5.16 Å². The molecule has 0 radical (unpaired) electrons. The first-order valence-corrected chi connectivity index (χ1v) is 10.7. The molecule has 1 N–H and O–H groups in total. The largest absolute Gasteiger partial charge is 0.353 e. The third-order valence-electron chi connectivity index (χ3n) is 5.17. The Hall–Kier alpha value is -1.82. The smallest absolute Gasteiger partial charge is 0.230 e. The molecule has 2 aliphatic carbocycles. The lowest BCUT2D eigenvalue weighted by Gasteiger charge is -2.16. The van der Waals surface area contributed by atoms with Crippen LogP contribution < -0.4 is 5.32 Å². The Morgan fingerprint density at radius 2 is 1.77 bits per heavy atom. The summed E-state index contributed by atoms with van der Waals surface area (Å²) in [5.74, 6) is 2.05. The van der Waals surface area contributed by atoms with Crippen molar-refractivity contribution in [2.75, 3.05) is 5.75 Å². The molecule has 1 aromatic heterocycles. The molecule has 2 aliphatic rings. The summed E-state index contributed by atoms with van der Waals surface area (Å²) in [5, 5.41) is 12.8. The van der Waals surface area contributed by atoms with Crippen LogP contribution in [-0.4, -0.2) is 32.5 Å². The van der Waals surface area contributed by atoms with Crippen molar-refractivity contribution in [3.8, 4) is 5.69 Å². The molecular formula is C20H26N4OS. The van der Waals surface area contributed by atoms with Gasteiger partial charge < -0.3 is 5.32 Å². The van der Waals surface area contributed by atoms with Crippen molar-refractivity contribution in [3.63, 3.8) is 0 Å². The fourth-order valence-corrected chi connectivity index (χ4v) is 4.39. The summed E-state index contributed by atoms with van der Waals surface area (Å²) >= 11 is 1.49. The van der Waals surface area contributed by atoms with E-state index in [2.05, 4.69) is 32.2 Å². The molecule has 2 fully saturated rings. The summed E-state index contributed by atoms with van der Waals surface area (Å²) in [4.78, 5) is 12.4. The van der Waals surface area contributed by atoms with Crippen molar-refractivity contribution in [2.45, 2.75) is 68.5 Å². The molecule has 1 aromatic carbocycles. The van der Waals surface area contributed by atoms with Crippen molar-refractivity contribution >= 4 is 17.7 Å². The Morgan fingerprint density at radius 1 is 1.04 bits per heavy atom. The van der Waals surface area contributed by atoms with E-state index in [-0.39, 0.29) is 5.91 Å². The molecule has 6 heteroatoms. The zero-order valence-electron chi connectivity index (χ0n) is 15.1. The molecule has 138 valence electrons. The van der Waals surface area contributed by atoms with E-state index < -0.39 is 0 Å². The van der Waals surface area contributed by atoms with Gasteiger partial charge in [-0.05, 0) is 37.8 Å². The van der Waals surface area contributed by atoms with Gasteiger partial charge in [0.05, 0.1) is 5.75 Å². The average Bonchev–Trinajstić information content (AvgIpc) is 3.46. The predicted molar refractivity (Wildman–Crippen MR) is 104 cm³/mol. The van der Waals surface area contributed by atoms with Crippen molar-refractivity contribution in [1.29, 1.82) is 0 Å². The summed E-state index contributed by atoms with van der Waals surface area (Å²) < 4.78 is 2.13. The molecule has 5 nitrogen and oxygen atoms in total. The summed E-state index contributed by atoms with van der Waals surface area (Å²) in [6, 6.07) is 10.6. The third-order valence-corrected chi connectivity index (χ3v) is 6.10. The Balaban J connectivity index is 1.42. The van der Waals surface area contributed by atoms with Gasteiger partial charge in [0, 0.05) is 17.6 Å². The van der Waals surface area contributed by atoms with E-state index in [9.17, 15) is 4.79 Å². The zero-order chi connectivity index (χ0) is 17.8. The molecule has 0 atom stereocenters. The number of carbonyl (C=O) groups excluding carboxylic acids is 1. The van der Waals surface area contributed by atoms with Gasteiger partial charge in [-0.15, -0.1) is 10.2 Å². The fraction of sp³-hybridized carbons (Fsp3) is 0.550. The van der Waals surface area contributed by atoms with E-state index in [0.717, 1.165) is 29.5 Å². The Bertz CT molecular complexity index is 734. The van der Waals surface area contributed by atoms with Gasteiger partial charge in [-0.1, -0.05) is 55.6 Å². The number of thioether (sulfide) groups is 1. The first-order valence-electron chi connectivity index (χ1n) is 9.74. The topological polar surface area (TPSA) is 59.8 Å². The lowest BCUT2D eigenvalue weighted by atomic mass is 10.1. The number of para-hydroxylation sites is 1. The van der Waals surface area contributed by atoms with Gasteiger partial charge in [0.2, 0.25) is 5.91 Å². The number of nitrogens with one attached hydrogen (secondary N) is 1. The van der Waals surface area contributed by atoms with Crippen molar-refractivity contribution in [2.24, 2.45) is 0 Å². The number of rotatable bonds is 6. The minimum Gasteiger partial charge on any atom is -0.353 e. The quantitative estimate of drug-likeness (QED) is 0.615. The minimum absolute atomic E-state index is 0.109. The average molecular weight is 371 g/mol. The van der Waals surface area contributed by atoms with Crippen LogP contribution in [0.5, 0.6) is 0 Å². The SMILES string of the molecule is O=C(CSc1nnc(C2CC2)n1-c1ccccc1)NC1CCCCCC1. The van der Waals surface area contributed by atoms with Gasteiger partial charge in [0.1, 0.15) is 5.82 Å². The lowest BCUT2D eigenvalue weighted by Crippen LogP contribution is -2.35. The van der Waals surface area contributed by atoms with E-state index in [1.807, 2.05) is 18.2 Å². The van der Waals surface area contributed by atoms with Crippen LogP contribution >= 0.6 is 11.8 Å². The monoisotopic (exact) mass is 370 g/mol. The van der Waals surface area contributed by atoms with E-state index in [0.29, 0.717) is 17.7 Å². The zero-order valence-corrected chi connectivity index (χ0v) is 15.9. The molecule has 1 heterocycles. The highest BCUT2D eigenvalue weighted by molar-refractivity contribution is 7.99. The van der Waals surface area contributed by atoms with Crippen LogP contribution in [0.3, 0.4) is 0 Å². The molecule has 0 unspecified atom stereocenters. The number of hydrogen-bond donors (Lipinski definition) is 1. The summed E-state index contributed by atoms with van der Waals surface area (Å²) in [6.07, 6.45) is 9.63. The first kappa shape index (κ1) is 17.6. The predicted octanol–water partition coefficient (Wildman–Crippen LogP) is 4.08. The maximum absolute atomic E-state index is 12.4. The lowest BCUT2D eigenvalue weighted by molar-refractivity contribution is -0.119. The van der Waals surface area contributed by atoms with Crippen LogP contribution in [0.1, 0.15) is 63.1 Å². The van der Waals surface area contributed by atoms with Crippen molar-refractivity contribution < 1.29 is 4.79 Å². The number of benzene rings is 1. The normalized spacial score (nSPS) is 18.5. The van der Waals surface area contributed by atoms with Gasteiger partial charge in [-0.2, -0.15) is 0 Å². The second-order valence-corrected chi connectivity index (χ2v) is 8.27. The molecule has 26 heavy (non-hydrogen) atoms. The maximum atomic E-state index is 12.4. The van der Waals surface area contributed by atoms with Crippen LogP contribution in [0.2, 0.25) is 0 Å². The Kier molecular flexibility index (Phi) is 5.58. The van der Waals surface area contributed by atoms with Gasteiger partial charge in [-0.25, -0.2) is 0 Å². The van der Waals surface area contributed by atoms with Crippen LogP contribution in [0, 0.1) is 0 Å². The molecule has 4 rings (SSSR count). The molecule has 2 saturated carbocycles. The number of aromatic nitrogens is 3. The molecule has 0 bridgehead atoms. The highest BCUT2D eigenvalue weighted by Crippen LogP contribution is 2.41. The summed E-state index contributed by atoms with van der Waals surface area (Å²) in [5.41, 5.74) is 1.08. The molecule has 0 spiro atoms. The van der Waals surface area contributed by atoms with Crippen LogP contribution in [-0.2, 0) is 4.79 Å². The highest BCUT2D eigenvalue weighted by Gasteiger charge is 2.31. The fourth-order valence-electron chi connectivity index (χ4n) is 3.62. The molecule has 1 amide bonds. The summed E-state index contributed by atoms with van der Waals surface area (Å²) in [6.45, 7) is 0. The number of carbonyl (C=O) groups is 1.